The second kappa shape index (κ2) is 14.1. The number of aromatic carboxylic acids is 1. The fraction of sp³-hybridized carbons (Fsp3) is 0.345. The highest BCUT2D eigenvalue weighted by Crippen LogP contribution is 2.46. The van der Waals surface area contributed by atoms with Crippen LogP contribution in [0.5, 0.6) is 11.5 Å². The Kier molecular flexibility index (Phi) is 10.5. The Morgan fingerprint density at radius 3 is 2.56 bits per heavy atom. The number of amides is 2. The highest BCUT2D eigenvalue weighted by molar-refractivity contribution is 9.10. The van der Waals surface area contributed by atoms with Crippen LogP contribution in [0.3, 0.4) is 0 Å². The van der Waals surface area contributed by atoms with E-state index in [4.69, 9.17) is 26.2 Å². The van der Waals surface area contributed by atoms with Crippen molar-refractivity contribution < 1.29 is 34.1 Å². The molecule has 1 aromatic heterocycles. The number of anilines is 1. The Balaban J connectivity index is 1.61. The lowest BCUT2D eigenvalue weighted by Crippen LogP contribution is -2.47. The average Bonchev–Trinajstić information content (AvgIpc) is 3.29. The number of carboxylic acids is 2. The number of rotatable bonds is 11. The van der Waals surface area contributed by atoms with Crippen molar-refractivity contribution in [3.63, 3.8) is 0 Å². The minimum atomic E-state index is -1.27. The molecule has 1 saturated carbocycles. The molecule has 0 spiro atoms. The van der Waals surface area contributed by atoms with Crippen LogP contribution >= 0.6 is 38.9 Å². The number of nitrogens with zero attached hydrogens (tertiary/aromatic N) is 1. The highest BCUT2D eigenvalue weighted by atomic mass is 79.9. The van der Waals surface area contributed by atoms with Crippen molar-refractivity contribution in [2.24, 2.45) is 0 Å². The van der Waals surface area contributed by atoms with Crippen LogP contribution in [-0.4, -0.2) is 54.5 Å². The second-order valence-electron chi connectivity index (χ2n) is 9.54. The number of nitrogens with one attached hydrogen (secondary N) is 1. The fourth-order valence-electron chi connectivity index (χ4n) is 4.95. The van der Waals surface area contributed by atoms with Gasteiger partial charge in [-0.25, -0.2) is 14.4 Å². The third-order valence-electron chi connectivity index (χ3n) is 6.80. The summed E-state index contributed by atoms with van der Waals surface area (Å²) < 4.78 is 11.6. The monoisotopic (exact) mass is 664 g/mol. The molecule has 218 valence electrons. The third-order valence-corrected chi connectivity index (χ3v) is 8.98. The van der Waals surface area contributed by atoms with Crippen molar-refractivity contribution in [3.8, 4) is 21.9 Å². The molecule has 1 heterocycles. The normalized spacial score (nSPS) is 13.4. The predicted molar refractivity (Wildman–Crippen MR) is 162 cm³/mol. The molecule has 9 nitrogen and oxygen atoms in total. The van der Waals surface area contributed by atoms with Gasteiger partial charge in [0.05, 0.1) is 12.0 Å². The van der Waals surface area contributed by atoms with Gasteiger partial charge < -0.3 is 25.0 Å². The summed E-state index contributed by atoms with van der Waals surface area (Å²) in [6, 6.07) is 12.7. The molecule has 4 rings (SSSR count). The zero-order valence-corrected chi connectivity index (χ0v) is 25.5. The number of halogens is 2. The van der Waals surface area contributed by atoms with E-state index < -0.39 is 18.5 Å². The predicted octanol–water partition coefficient (Wildman–Crippen LogP) is 7.09. The van der Waals surface area contributed by atoms with Crippen molar-refractivity contribution in [3.05, 3.63) is 62.4 Å². The van der Waals surface area contributed by atoms with Gasteiger partial charge in [-0.1, -0.05) is 58.9 Å². The zero-order chi connectivity index (χ0) is 29.5. The van der Waals surface area contributed by atoms with Gasteiger partial charge in [0, 0.05) is 22.7 Å². The summed E-state index contributed by atoms with van der Waals surface area (Å²) in [5.41, 5.74) is 2.22. The molecule has 0 radical (unpaired) electrons. The first-order valence-electron chi connectivity index (χ1n) is 13.1. The van der Waals surface area contributed by atoms with Crippen molar-refractivity contribution in [2.75, 3.05) is 25.2 Å². The van der Waals surface area contributed by atoms with Gasteiger partial charge in [0.1, 0.15) is 10.8 Å². The third kappa shape index (κ3) is 7.52. The number of carbonyl (C=O) groups excluding carboxylic acids is 1. The second-order valence-corrected chi connectivity index (χ2v) is 11.9. The van der Waals surface area contributed by atoms with Crippen LogP contribution in [0.2, 0.25) is 5.02 Å². The number of ether oxygens (including phenoxy) is 2. The van der Waals surface area contributed by atoms with E-state index in [1.165, 1.54) is 0 Å². The Hall–Kier alpha value is -3.28. The molecule has 41 heavy (non-hydrogen) atoms. The van der Waals surface area contributed by atoms with Gasteiger partial charge in [-0.05, 0) is 60.7 Å². The number of thiophene rings is 1. The molecule has 0 aliphatic heterocycles. The molecule has 12 heteroatoms. The Bertz CT molecular complexity index is 1420. The lowest BCUT2D eigenvalue weighted by atomic mass is 9.93. The molecule has 0 atom stereocenters. The number of urea groups is 1. The Morgan fingerprint density at radius 2 is 1.88 bits per heavy atom. The van der Waals surface area contributed by atoms with E-state index in [1.54, 1.807) is 30.2 Å². The average molecular weight is 666 g/mol. The standard InChI is InChI=1S/C29H30BrClN2O7S/c1-39-22-11-10-19(30)14-17(22)12-13-32-29(38)33(20-7-3-2-4-8-20)21-9-5-6-18(15-21)26-24(31)25(40-16-23(34)35)27(41-26)28(36)37/h5-6,9-11,14-15,20H,2-4,7-8,12-13,16H2,1H3,(H,32,38)(H,34,35)(H,36,37). The lowest BCUT2D eigenvalue weighted by Gasteiger charge is -2.34. The maximum absolute atomic E-state index is 13.7. The van der Waals surface area contributed by atoms with Gasteiger partial charge in [0.15, 0.2) is 17.2 Å². The summed E-state index contributed by atoms with van der Waals surface area (Å²) in [5, 5.41) is 21.7. The van der Waals surface area contributed by atoms with Crippen molar-refractivity contribution >= 4 is 62.5 Å². The summed E-state index contributed by atoms with van der Waals surface area (Å²) in [6.07, 6.45) is 5.48. The number of benzene rings is 2. The van der Waals surface area contributed by atoms with Crippen LogP contribution < -0.4 is 19.7 Å². The van der Waals surface area contributed by atoms with Crippen LogP contribution in [0.15, 0.2) is 46.9 Å². The molecule has 3 N–H and O–H groups in total. The smallest absolute Gasteiger partial charge is 0.349 e. The molecule has 0 unspecified atom stereocenters. The number of aliphatic carboxylic acids is 1. The van der Waals surface area contributed by atoms with Crippen LogP contribution in [-0.2, 0) is 11.2 Å². The first kappa shape index (κ1) is 30.7. The maximum atomic E-state index is 13.7. The van der Waals surface area contributed by atoms with Gasteiger partial charge in [-0.3, -0.25) is 4.90 Å². The minimum Gasteiger partial charge on any atom is -0.496 e. The largest absolute Gasteiger partial charge is 0.496 e. The lowest BCUT2D eigenvalue weighted by molar-refractivity contribution is -0.139. The van der Waals surface area contributed by atoms with Gasteiger partial charge >= 0.3 is 18.0 Å². The maximum Gasteiger partial charge on any atom is 0.349 e. The molecular weight excluding hydrogens is 636 g/mol. The Labute approximate surface area is 255 Å². The van der Waals surface area contributed by atoms with Crippen molar-refractivity contribution in [2.45, 2.75) is 44.6 Å². The molecule has 3 aromatic rings. The first-order valence-corrected chi connectivity index (χ1v) is 15.1. The molecule has 0 saturated heterocycles. The molecule has 0 bridgehead atoms. The number of hydrogen-bond donors (Lipinski definition) is 3. The minimum absolute atomic E-state index is 0.00209. The van der Waals surface area contributed by atoms with Gasteiger partial charge in [-0.2, -0.15) is 0 Å². The Morgan fingerprint density at radius 1 is 1.12 bits per heavy atom. The molecule has 1 fully saturated rings. The van der Waals surface area contributed by atoms with E-state index in [9.17, 15) is 19.5 Å². The number of carboxylic acid groups (broad SMARTS) is 2. The first-order chi connectivity index (χ1) is 19.7. The number of hydrogen-bond acceptors (Lipinski definition) is 6. The van der Waals surface area contributed by atoms with E-state index in [0.717, 1.165) is 59.2 Å². The van der Waals surface area contributed by atoms with Crippen LogP contribution in [0, 0.1) is 0 Å². The van der Waals surface area contributed by atoms with E-state index >= 15 is 0 Å². The van der Waals surface area contributed by atoms with Gasteiger partial charge in [-0.15, -0.1) is 11.3 Å². The van der Waals surface area contributed by atoms with Gasteiger partial charge in [0.25, 0.3) is 0 Å². The van der Waals surface area contributed by atoms with Crippen LogP contribution in [0.1, 0.15) is 47.3 Å². The van der Waals surface area contributed by atoms with Crippen molar-refractivity contribution in [1.82, 2.24) is 5.32 Å². The van der Waals surface area contributed by atoms with E-state index in [-0.39, 0.29) is 27.7 Å². The van der Waals surface area contributed by atoms with Crippen LogP contribution in [0.4, 0.5) is 10.5 Å². The summed E-state index contributed by atoms with van der Waals surface area (Å²) in [5.74, 6) is -1.96. The van der Waals surface area contributed by atoms with E-state index in [1.807, 2.05) is 24.3 Å². The number of carbonyl (C=O) groups is 3. The molecular formula is C29H30BrClN2O7S. The number of methoxy groups -OCH3 is 1. The summed E-state index contributed by atoms with van der Waals surface area (Å²) in [4.78, 5) is 38.5. The summed E-state index contributed by atoms with van der Waals surface area (Å²) >= 11 is 10.9. The topological polar surface area (TPSA) is 125 Å². The molecule has 1 aliphatic carbocycles. The SMILES string of the molecule is COc1ccc(Br)cc1CCNC(=O)N(c1cccc(-c2sc(C(=O)O)c(OCC(=O)O)c2Cl)c1)C1CCCCC1. The highest BCUT2D eigenvalue weighted by Gasteiger charge is 2.29. The fourth-order valence-corrected chi connectivity index (χ4v) is 6.76. The molecule has 1 aliphatic rings. The zero-order valence-electron chi connectivity index (χ0n) is 22.3. The summed E-state index contributed by atoms with van der Waals surface area (Å²) in [6.45, 7) is -0.324. The van der Waals surface area contributed by atoms with E-state index in [0.29, 0.717) is 29.1 Å². The van der Waals surface area contributed by atoms with Crippen LogP contribution in [0.25, 0.3) is 10.4 Å². The molecule has 2 aromatic carbocycles. The summed E-state index contributed by atoms with van der Waals surface area (Å²) in [7, 11) is 1.61. The van der Waals surface area contributed by atoms with Gasteiger partial charge in [0.2, 0.25) is 0 Å². The quantitative estimate of drug-likeness (QED) is 0.200. The molecule has 2 amide bonds. The van der Waals surface area contributed by atoms with Crippen molar-refractivity contribution in [1.29, 1.82) is 0 Å². The van der Waals surface area contributed by atoms with E-state index in [2.05, 4.69) is 21.2 Å².